The summed E-state index contributed by atoms with van der Waals surface area (Å²) in [5.41, 5.74) is -0.139. The van der Waals surface area contributed by atoms with Crippen LogP contribution in [0.5, 0.6) is 0 Å². The molecule has 0 amide bonds. The number of halogens is 2. The van der Waals surface area contributed by atoms with E-state index in [0.717, 1.165) is 41.0 Å². The van der Waals surface area contributed by atoms with Crippen molar-refractivity contribution in [3.05, 3.63) is 26.9 Å². The molecule has 0 spiro atoms. The topological polar surface area (TPSA) is 56.9 Å². The van der Waals surface area contributed by atoms with Crippen LogP contribution in [0.3, 0.4) is 0 Å². The number of hydrogen-bond donors (Lipinski definition) is 1. The van der Waals surface area contributed by atoms with E-state index in [4.69, 9.17) is 0 Å². The van der Waals surface area contributed by atoms with Crippen LogP contribution in [0, 0.1) is 22.7 Å². The molecule has 1 unspecified atom stereocenters. The van der Waals surface area contributed by atoms with Crippen molar-refractivity contribution in [1.29, 1.82) is 5.26 Å². The van der Waals surface area contributed by atoms with E-state index in [2.05, 4.69) is 49.8 Å². The minimum Gasteiger partial charge on any atom is -0.385 e. The van der Waals surface area contributed by atoms with E-state index in [-0.39, 0.29) is 0 Å². The molecule has 0 bridgehead atoms. The molecule has 5 heteroatoms. The van der Waals surface area contributed by atoms with Crippen molar-refractivity contribution >= 4 is 31.9 Å². The van der Waals surface area contributed by atoms with Crippen LogP contribution in [-0.2, 0) is 0 Å². The summed E-state index contributed by atoms with van der Waals surface area (Å²) in [6, 6.07) is 4.24. The third-order valence-electron chi connectivity index (χ3n) is 4.42. The largest absolute Gasteiger partial charge is 0.385 e. The van der Waals surface area contributed by atoms with Gasteiger partial charge >= 0.3 is 0 Å². The van der Waals surface area contributed by atoms with E-state index in [1.807, 2.05) is 6.07 Å². The summed E-state index contributed by atoms with van der Waals surface area (Å²) in [6.45, 7) is 2.19. The number of nitrogens with zero attached hydrogens (tertiary/aromatic N) is 2. The molecule has 0 radical (unpaired) electrons. The third kappa shape index (κ3) is 3.08. The van der Waals surface area contributed by atoms with Crippen molar-refractivity contribution in [2.24, 2.45) is 11.3 Å². The Morgan fingerprint density at radius 3 is 2.65 bits per heavy atom. The van der Waals surface area contributed by atoms with Gasteiger partial charge in [0.15, 0.2) is 0 Å². The minimum atomic E-state index is -0.840. The molecule has 1 aliphatic carbocycles. The molecule has 1 atom stereocenters. The highest BCUT2D eigenvalue weighted by molar-refractivity contribution is 9.11. The number of nitriles is 1. The lowest BCUT2D eigenvalue weighted by Gasteiger charge is -2.38. The minimum absolute atomic E-state index is 0.560. The van der Waals surface area contributed by atoms with Crippen LogP contribution in [0.1, 0.15) is 50.8 Å². The predicted molar refractivity (Wildman–Crippen MR) is 84.9 cm³/mol. The molecule has 0 aliphatic heterocycles. The second-order valence-corrected chi connectivity index (χ2v) is 7.31. The van der Waals surface area contributed by atoms with Gasteiger partial charge in [-0.05, 0) is 69.5 Å². The molecule has 1 heterocycles. The summed E-state index contributed by atoms with van der Waals surface area (Å²) in [5.74, 6) is 0.685. The third-order valence-corrected chi connectivity index (χ3v) is 5.48. The standard InChI is InChI=1S/C15H18Br2N2O/c1-2-10-3-5-15(9-18,6-4-10)14(20)13-12(17)7-11(16)8-19-13/h7-8,10,14,20H,2-6H2,1H3. The van der Waals surface area contributed by atoms with Gasteiger partial charge in [-0.2, -0.15) is 5.26 Å². The van der Waals surface area contributed by atoms with Gasteiger partial charge in [-0.1, -0.05) is 13.3 Å². The SMILES string of the molecule is CCC1CCC(C#N)(C(O)c2ncc(Br)cc2Br)CC1. The molecule has 0 saturated heterocycles. The lowest BCUT2D eigenvalue weighted by molar-refractivity contribution is 0.0208. The highest BCUT2D eigenvalue weighted by Gasteiger charge is 2.43. The molecule has 1 aromatic rings. The fourth-order valence-electron chi connectivity index (χ4n) is 2.94. The molecular formula is C15H18Br2N2O. The van der Waals surface area contributed by atoms with Gasteiger partial charge in [0.05, 0.1) is 17.2 Å². The summed E-state index contributed by atoms with van der Waals surface area (Å²) >= 11 is 6.78. The van der Waals surface area contributed by atoms with E-state index < -0.39 is 11.5 Å². The van der Waals surface area contributed by atoms with Gasteiger partial charge in [0.1, 0.15) is 6.10 Å². The first-order valence-electron chi connectivity index (χ1n) is 6.92. The number of aliphatic hydroxyl groups is 1. The van der Waals surface area contributed by atoms with Gasteiger partial charge in [0.25, 0.3) is 0 Å². The van der Waals surface area contributed by atoms with Gasteiger partial charge in [-0.25, -0.2) is 0 Å². The Labute approximate surface area is 136 Å². The monoisotopic (exact) mass is 400 g/mol. The van der Waals surface area contributed by atoms with E-state index in [1.165, 1.54) is 0 Å². The summed E-state index contributed by atoms with van der Waals surface area (Å²) in [7, 11) is 0. The van der Waals surface area contributed by atoms with Gasteiger partial charge in [-0.3, -0.25) is 4.98 Å². The lowest BCUT2D eigenvalue weighted by Crippen LogP contribution is -2.33. The molecular weight excluding hydrogens is 384 g/mol. The normalized spacial score (nSPS) is 27.9. The zero-order chi connectivity index (χ0) is 14.8. The Hall–Kier alpha value is -0.440. The highest BCUT2D eigenvalue weighted by atomic mass is 79.9. The number of hydrogen-bond acceptors (Lipinski definition) is 3. The number of aliphatic hydroxyl groups excluding tert-OH is 1. The quantitative estimate of drug-likeness (QED) is 0.794. The zero-order valence-corrected chi connectivity index (χ0v) is 14.6. The average Bonchev–Trinajstić information content (AvgIpc) is 2.46. The van der Waals surface area contributed by atoms with Gasteiger partial charge in [0, 0.05) is 15.1 Å². The summed E-state index contributed by atoms with van der Waals surface area (Å²) < 4.78 is 1.59. The maximum atomic E-state index is 10.7. The maximum absolute atomic E-state index is 10.7. The first-order chi connectivity index (χ1) is 9.52. The van der Waals surface area contributed by atoms with E-state index in [0.29, 0.717) is 11.6 Å². The van der Waals surface area contributed by atoms with Crippen molar-refractivity contribution in [3.8, 4) is 6.07 Å². The average molecular weight is 402 g/mol. The Morgan fingerprint density at radius 2 is 2.15 bits per heavy atom. The fourth-order valence-corrected chi connectivity index (χ4v) is 4.14. The van der Waals surface area contributed by atoms with Crippen molar-refractivity contribution in [2.45, 2.75) is 45.1 Å². The van der Waals surface area contributed by atoms with E-state index in [1.54, 1.807) is 6.20 Å². The van der Waals surface area contributed by atoms with E-state index >= 15 is 0 Å². The Morgan fingerprint density at radius 1 is 1.50 bits per heavy atom. The van der Waals surface area contributed by atoms with Gasteiger partial charge in [0.2, 0.25) is 0 Å². The van der Waals surface area contributed by atoms with Crippen LogP contribution in [0.25, 0.3) is 0 Å². The Kier molecular flexibility index (Phi) is 5.22. The molecule has 0 aromatic carbocycles. The first-order valence-corrected chi connectivity index (χ1v) is 8.51. The molecule has 1 aliphatic rings. The Balaban J connectivity index is 2.26. The van der Waals surface area contributed by atoms with E-state index in [9.17, 15) is 10.4 Å². The maximum Gasteiger partial charge on any atom is 0.116 e. The molecule has 3 nitrogen and oxygen atoms in total. The molecule has 108 valence electrons. The van der Waals surface area contributed by atoms with Crippen LogP contribution >= 0.6 is 31.9 Å². The molecule has 1 fully saturated rings. The molecule has 1 N–H and O–H groups in total. The Bertz CT molecular complexity index is 519. The van der Waals surface area contributed by atoms with Crippen molar-refractivity contribution < 1.29 is 5.11 Å². The van der Waals surface area contributed by atoms with Crippen LogP contribution in [0.15, 0.2) is 21.2 Å². The molecule has 20 heavy (non-hydrogen) atoms. The van der Waals surface area contributed by atoms with Gasteiger partial charge in [-0.15, -0.1) is 0 Å². The summed E-state index contributed by atoms with van der Waals surface area (Å²) in [4.78, 5) is 4.29. The highest BCUT2D eigenvalue weighted by Crippen LogP contribution is 2.48. The van der Waals surface area contributed by atoms with Gasteiger partial charge < -0.3 is 5.11 Å². The van der Waals surface area contributed by atoms with Crippen LogP contribution < -0.4 is 0 Å². The number of aromatic nitrogens is 1. The number of rotatable bonds is 3. The summed E-state index contributed by atoms with van der Waals surface area (Å²) in [5, 5.41) is 20.3. The summed E-state index contributed by atoms with van der Waals surface area (Å²) in [6.07, 6.45) is 5.47. The smallest absolute Gasteiger partial charge is 0.116 e. The van der Waals surface area contributed by atoms with Crippen molar-refractivity contribution in [2.75, 3.05) is 0 Å². The molecule has 2 rings (SSSR count). The van der Waals surface area contributed by atoms with Crippen molar-refractivity contribution in [3.63, 3.8) is 0 Å². The number of pyridine rings is 1. The lowest BCUT2D eigenvalue weighted by atomic mass is 9.67. The zero-order valence-electron chi connectivity index (χ0n) is 11.4. The molecule has 1 saturated carbocycles. The van der Waals surface area contributed by atoms with Crippen LogP contribution in [0.2, 0.25) is 0 Å². The second kappa shape index (κ2) is 6.55. The van der Waals surface area contributed by atoms with Crippen LogP contribution in [0.4, 0.5) is 0 Å². The second-order valence-electron chi connectivity index (χ2n) is 5.54. The first kappa shape index (κ1) is 15.9. The van der Waals surface area contributed by atoms with Crippen LogP contribution in [-0.4, -0.2) is 10.1 Å². The van der Waals surface area contributed by atoms with Crippen molar-refractivity contribution in [1.82, 2.24) is 4.98 Å². The molecule has 1 aromatic heterocycles. The fraction of sp³-hybridized carbons (Fsp3) is 0.600. The predicted octanol–water partition coefficient (Wildman–Crippen LogP) is 4.75.